The Balaban J connectivity index is 1.86. The zero-order valence-corrected chi connectivity index (χ0v) is 15.6. The molecule has 0 fully saturated rings. The first-order chi connectivity index (χ1) is 12.5. The molecule has 0 unspecified atom stereocenters. The number of aryl methyl sites for hydroxylation is 1. The van der Waals surface area contributed by atoms with Crippen LogP contribution in [0.1, 0.15) is 36.4 Å². The van der Waals surface area contributed by atoms with Crippen LogP contribution in [0.25, 0.3) is 0 Å². The summed E-state index contributed by atoms with van der Waals surface area (Å²) < 4.78 is 5.06. The number of amides is 3. The number of benzene rings is 1. The number of hydrogen-bond donors (Lipinski definition) is 3. The normalized spacial score (nSPS) is 16.9. The number of rotatable bonds is 8. The minimum absolute atomic E-state index is 0.0674. The van der Waals surface area contributed by atoms with Crippen LogP contribution in [-0.4, -0.2) is 42.6 Å². The standard InChI is InChI=1S/C18H25N3O4S/c1-26-10-9-15(21-18(19)24)17(23)25-11-16(22)20-14-8-4-6-12-5-2-3-7-13(12)14/h2-3,5,7,14-15H,4,6,8-11H2,1H3,(H,20,22)(H3,19,21,24)/t14-,15-/m1/s1. The van der Waals surface area contributed by atoms with E-state index < -0.39 is 18.0 Å². The number of esters is 1. The minimum Gasteiger partial charge on any atom is -0.454 e. The van der Waals surface area contributed by atoms with Gasteiger partial charge in [-0.3, -0.25) is 4.79 Å². The number of carbonyl (C=O) groups excluding carboxylic acids is 3. The fourth-order valence-corrected chi connectivity index (χ4v) is 3.50. The van der Waals surface area contributed by atoms with Crippen LogP contribution in [0.5, 0.6) is 0 Å². The molecule has 0 bridgehead atoms. The third-order valence-electron chi connectivity index (χ3n) is 4.26. The van der Waals surface area contributed by atoms with E-state index in [1.54, 1.807) is 0 Å². The number of thioether (sulfide) groups is 1. The van der Waals surface area contributed by atoms with Crippen LogP contribution in [0.3, 0.4) is 0 Å². The Hall–Kier alpha value is -2.22. The highest BCUT2D eigenvalue weighted by Crippen LogP contribution is 2.29. The lowest BCUT2D eigenvalue weighted by molar-refractivity contribution is -0.150. The van der Waals surface area contributed by atoms with Gasteiger partial charge >= 0.3 is 12.0 Å². The van der Waals surface area contributed by atoms with Crippen molar-refractivity contribution in [2.75, 3.05) is 18.6 Å². The molecule has 3 amide bonds. The molecule has 0 radical (unpaired) electrons. The molecule has 0 heterocycles. The van der Waals surface area contributed by atoms with E-state index in [1.165, 1.54) is 17.3 Å². The summed E-state index contributed by atoms with van der Waals surface area (Å²) in [4.78, 5) is 35.3. The minimum atomic E-state index is -0.844. The van der Waals surface area contributed by atoms with Crippen molar-refractivity contribution in [1.29, 1.82) is 0 Å². The maximum absolute atomic E-state index is 12.2. The summed E-state index contributed by atoms with van der Waals surface area (Å²) in [6.45, 7) is -0.381. The fraction of sp³-hybridized carbons (Fsp3) is 0.500. The Morgan fingerprint density at radius 2 is 2.12 bits per heavy atom. The summed E-state index contributed by atoms with van der Waals surface area (Å²) in [5.41, 5.74) is 7.44. The lowest BCUT2D eigenvalue weighted by Crippen LogP contribution is -2.45. The van der Waals surface area contributed by atoms with Gasteiger partial charge in [-0.15, -0.1) is 0 Å². The van der Waals surface area contributed by atoms with Crippen molar-refractivity contribution in [3.63, 3.8) is 0 Å². The van der Waals surface area contributed by atoms with Crippen LogP contribution < -0.4 is 16.4 Å². The Morgan fingerprint density at radius 1 is 1.35 bits per heavy atom. The summed E-state index contributed by atoms with van der Waals surface area (Å²) in [5.74, 6) is -0.356. The molecule has 1 aromatic carbocycles. The molecule has 2 atom stereocenters. The Morgan fingerprint density at radius 3 is 2.85 bits per heavy atom. The topological polar surface area (TPSA) is 111 Å². The van der Waals surface area contributed by atoms with E-state index in [-0.39, 0.29) is 18.6 Å². The Kier molecular flexibility index (Phi) is 7.77. The van der Waals surface area contributed by atoms with E-state index in [2.05, 4.69) is 16.7 Å². The number of urea groups is 1. The van der Waals surface area contributed by atoms with Gasteiger partial charge < -0.3 is 21.1 Å². The van der Waals surface area contributed by atoms with Gasteiger partial charge in [0.05, 0.1) is 6.04 Å². The third-order valence-corrected chi connectivity index (χ3v) is 4.91. The second kappa shape index (κ2) is 10.1. The maximum Gasteiger partial charge on any atom is 0.329 e. The summed E-state index contributed by atoms with van der Waals surface area (Å²) >= 11 is 1.54. The molecule has 8 heteroatoms. The zero-order chi connectivity index (χ0) is 18.9. The highest BCUT2D eigenvalue weighted by Gasteiger charge is 2.24. The van der Waals surface area contributed by atoms with Crippen molar-refractivity contribution < 1.29 is 19.1 Å². The molecule has 7 nitrogen and oxygen atoms in total. The van der Waals surface area contributed by atoms with Gasteiger partial charge in [0.1, 0.15) is 6.04 Å². The molecule has 1 aliphatic rings. The fourth-order valence-electron chi connectivity index (χ4n) is 3.03. The predicted octanol–water partition coefficient (Wildman–Crippen LogP) is 1.51. The first-order valence-corrected chi connectivity index (χ1v) is 9.99. The van der Waals surface area contributed by atoms with Gasteiger partial charge in [-0.2, -0.15) is 11.8 Å². The number of fused-ring (bicyclic) bond motifs is 1. The Labute approximate surface area is 157 Å². The first-order valence-electron chi connectivity index (χ1n) is 8.60. The second-order valence-electron chi connectivity index (χ2n) is 6.16. The highest BCUT2D eigenvalue weighted by molar-refractivity contribution is 7.98. The second-order valence-corrected chi connectivity index (χ2v) is 7.15. The van der Waals surface area contributed by atoms with E-state index in [0.29, 0.717) is 12.2 Å². The van der Waals surface area contributed by atoms with Gasteiger partial charge in [-0.1, -0.05) is 24.3 Å². The molecule has 0 saturated carbocycles. The van der Waals surface area contributed by atoms with Crippen molar-refractivity contribution in [3.8, 4) is 0 Å². The van der Waals surface area contributed by atoms with Gasteiger partial charge in [0.25, 0.3) is 5.91 Å². The molecule has 26 heavy (non-hydrogen) atoms. The highest BCUT2D eigenvalue weighted by atomic mass is 32.2. The van der Waals surface area contributed by atoms with Crippen LogP contribution in [0.4, 0.5) is 4.79 Å². The number of nitrogens with two attached hydrogens (primary N) is 1. The van der Waals surface area contributed by atoms with E-state index in [0.717, 1.165) is 24.8 Å². The molecule has 142 valence electrons. The number of ether oxygens (including phenoxy) is 1. The molecule has 1 aliphatic carbocycles. The van der Waals surface area contributed by atoms with E-state index >= 15 is 0 Å². The SMILES string of the molecule is CSCC[C@@H](NC(N)=O)C(=O)OCC(=O)N[C@@H]1CCCc2ccccc21. The lowest BCUT2D eigenvalue weighted by atomic mass is 9.88. The Bertz CT molecular complexity index is 653. The molecule has 0 aromatic heterocycles. The third kappa shape index (κ3) is 5.94. The zero-order valence-electron chi connectivity index (χ0n) is 14.8. The molecular weight excluding hydrogens is 354 g/mol. The average molecular weight is 379 g/mol. The van der Waals surface area contributed by atoms with E-state index in [9.17, 15) is 14.4 Å². The summed E-state index contributed by atoms with van der Waals surface area (Å²) in [6.07, 6.45) is 5.15. The predicted molar refractivity (Wildman–Crippen MR) is 101 cm³/mol. The van der Waals surface area contributed by atoms with E-state index in [4.69, 9.17) is 10.5 Å². The van der Waals surface area contributed by atoms with Gasteiger partial charge in [-0.25, -0.2) is 9.59 Å². The summed E-state index contributed by atoms with van der Waals surface area (Å²) in [7, 11) is 0. The number of nitrogens with one attached hydrogen (secondary N) is 2. The van der Waals surface area contributed by atoms with Crippen LogP contribution in [0.15, 0.2) is 24.3 Å². The van der Waals surface area contributed by atoms with Crippen LogP contribution in [0, 0.1) is 0 Å². The van der Waals surface area contributed by atoms with Gasteiger partial charge in [-0.05, 0) is 48.8 Å². The monoisotopic (exact) mass is 379 g/mol. The van der Waals surface area contributed by atoms with Gasteiger partial charge in [0.2, 0.25) is 0 Å². The first kappa shape index (κ1) is 20.1. The van der Waals surface area contributed by atoms with Crippen LogP contribution in [0.2, 0.25) is 0 Å². The van der Waals surface area contributed by atoms with Gasteiger partial charge in [0.15, 0.2) is 6.61 Å². The maximum atomic E-state index is 12.2. The molecule has 4 N–H and O–H groups in total. The molecular formula is C18H25N3O4S. The lowest BCUT2D eigenvalue weighted by Gasteiger charge is -2.26. The van der Waals surface area contributed by atoms with Gasteiger partial charge in [0, 0.05) is 0 Å². The van der Waals surface area contributed by atoms with Crippen LogP contribution >= 0.6 is 11.8 Å². The van der Waals surface area contributed by atoms with E-state index in [1.807, 2.05) is 24.5 Å². The van der Waals surface area contributed by atoms with Crippen molar-refractivity contribution in [1.82, 2.24) is 10.6 Å². The number of primary amides is 1. The average Bonchev–Trinajstić information content (AvgIpc) is 2.63. The number of carbonyl (C=O) groups is 3. The van der Waals surface area contributed by atoms with Crippen molar-refractivity contribution in [2.24, 2.45) is 5.73 Å². The largest absolute Gasteiger partial charge is 0.454 e. The molecule has 0 saturated heterocycles. The van der Waals surface area contributed by atoms with Crippen molar-refractivity contribution in [2.45, 2.75) is 37.8 Å². The van der Waals surface area contributed by atoms with Crippen LogP contribution in [-0.2, 0) is 20.7 Å². The summed E-state index contributed by atoms with van der Waals surface area (Å²) in [5, 5.41) is 5.27. The molecule has 1 aromatic rings. The summed E-state index contributed by atoms with van der Waals surface area (Å²) in [6, 6.07) is 6.32. The molecule has 0 spiro atoms. The molecule has 2 rings (SSSR count). The quantitative estimate of drug-likeness (QED) is 0.593. The smallest absolute Gasteiger partial charge is 0.329 e. The van der Waals surface area contributed by atoms with Crippen molar-refractivity contribution >= 4 is 29.7 Å². The van der Waals surface area contributed by atoms with Crippen molar-refractivity contribution in [3.05, 3.63) is 35.4 Å². The number of hydrogen-bond acceptors (Lipinski definition) is 5. The molecule has 0 aliphatic heterocycles.